The second-order valence-electron chi connectivity index (χ2n) is 3.48. The van der Waals surface area contributed by atoms with Crippen molar-refractivity contribution in [2.24, 2.45) is 0 Å². The molecule has 100 valence electrons. The molecule has 0 saturated heterocycles. The van der Waals surface area contributed by atoms with E-state index in [0.717, 1.165) is 24.4 Å². The van der Waals surface area contributed by atoms with E-state index in [4.69, 9.17) is 0 Å². The summed E-state index contributed by atoms with van der Waals surface area (Å²) in [5, 5.41) is 19.9. The van der Waals surface area contributed by atoms with Crippen LogP contribution in [0, 0.1) is 10.1 Å². The fourth-order valence-electron chi connectivity index (χ4n) is 1.31. The molecule has 0 spiro atoms. The van der Waals surface area contributed by atoms with E-state index in [2.05, 4.69) is 9.97 Å². The molecule has 0 aliphatic rings. The summed E-state index contributed by atoms with van der Waals surface area (Å²) in [6.07, 6.45) is 2.23. The molecule has 0 bridgehead atoms. The number of aromatic hydroxyl groups is 1. The Bertz CT molecular complexity index is 710. The van der Waals surface area contributed by atoms with Gasteiger partial charge in [-0.15, -0.1) is 0 Å². The Morgan fingerprint density at radius 2 is 2.16 bits per heavy atom. The largest absolute Gasteiger partial charge is 0.506 e. The minimum absolute atomic E-state index is 0.224. The first-order valence-corrected chi connectivity index (χ1v) is 6.37. The third-order valence-electron chi connectivity index (χ3n) is 2.20. The van der Waals surface area contributed by atoms with Crippen molar-refractivity contribution in [1.29, 1.82) is 0 Å². The van der Waals surface area contributed by atoms with Gasteiger partial charge in [-0.2, -0.15) is 8.42 Å². The number of phenolic OH excluding ortho intramolecular Hbond substituents is 1. The maximum absolute atomic E-state index is 11.8. The number of imidazole rings is 1. The predicted octanol–water partition coefficient (Wildman–Crippen LogP) is 0.824. The van der Waals surface area contributed by atoms with E-state index in [1.165, 1.54) is 6.33 Å². The van der Waals surface area contributed by atoms with Crippen molar-refractivity contribution in [1.82, 2.24) is 9.97 Å². The highest BCUT2D eigenvalue weighted by Gasteiger charge is 2.19. The molecule has 1 aromatic carbocycles. The van der Waals surface area contributed by atoms with Crippen molar-refractivity contribution in [3.63, 3.8) is 0 Å². The van der Waals surface area contributed by atoms with Crippen LogP contribution in [0.3, 0.4) is 0 Å². The number of nitro groups is 1. The Balaban J connectivity index is 2.39. The van der Waals surface area contributed by atoms with Gasteiger partial charge in [0.15, 0.2) is 5.03 Å². The molecular formula is C9H8N4O5S. The van der Waals surface area contributed by atoms with Gasteiger partial charge in [0.25, 0.3) is 15.7 Å². The number of phenols is 1. The highest BCUT2D eigenvalue weighted by molar-refractivity contribution is 7.92. The molecule has 3 N–H and O–H groups in total. The predicted molar refractivity (Wildman–Crippen MR) is 64.2 cm³/mol. The Hall–Kier alpha value is -2.62. The van der Waals surface area contributed by atoms with Gasteiger partial charge >= 0.3 is 0 Å². The van der Waals surface area contributed by atoms with E-state index >= 15 is 0 Å². The zero-order valence-electron chi connectivity index (χ0n) is 9.27. The molecule has 9 nitrogen and oxygen atoms in total. The number of nitrogens with zero attached hydrogens (tertiary/aromatic N) is 2. The lowest BCUT2D eigenvalue weighted by Crippen LogP contribution is -2.13. The van der Waals surface area contributed by atoms with Gasteiger partial charge in [-0.05, 0) is 6.07 Å². The number of hydrogen-bond acceptors (Lipinski definition) is 6. The van der Waals surface area contributed by atoms with E-state index in [-0.39, 0.29) is 16.4 Å². The number of benzene rings is 1. The molecule has 0 aliphatic carbocycles. The lowest BCUT2D eigenvalue weighted by Gasteiger charge is -2.07. The van der Waals surface area contributed by atoms with Crippen molar-refractivity contribution < 1.29 is 18.4 Å². The van der Waals surface area contributed by atoms with Gasteiger partial charge in [-0.25, -0.2) is 4.98 Å². The van der Waals surface area contributed by atoms with Gasteiger partial charge < -0.3 is 10.1 Å². The van der Waals surface area contributed by atoms with Gasteiger partial charge in [-0.1, -0.05) is 0 Å². The van der Waals surface area contributed by atoms with Crippen molar-refractivity contribution in [2.75, 3.05) is 4.72 Å². The van der Waals surface area contributed by atoms with Crippen LogP contribution in [0.2, 0.25) is 0 Å². The van der Waals surface area contributed by atoms with E-state index in [1.54, 1.807) is 0 Å². The van der Waals surface area contributed by atoms with Crippen LogP contribution in [-0.4, -0.2) is 28.4 Å². The maximum atomic E-state index is 11.8. The Morgan fingerprint density at radius 1 is 1.42 bits per heavy atom. The van der Waals surface area contributed by atoms with Crippen LogP contribution in [0.5, 0.6) is 5.75 Å². The summed E-state index contributed by atoms with van der Waals surface area (Å²) in [4.78, 5) is 15.8. The second-order valence-corrected chi connectivity index (χ2v) is 5.13. The van der Waals surface area contributed by atoms with Crippen LogP contribution in [0.15, 0.2) is 35.7 Å². The SMILES string of the molecule is O=[N+]([O-])c1ccc(O)c(NS(=O)(=O)c2cnc[nH]2)c1. The number of nitro benzene ring substituents is 1. The molecule has 0 amide bonds. The van der Waals surface area contributed by atoms with E-state index in [1.807, 2.05) is 4.72 Å². The number of non-ortho nitro benzene ring substituents is 1. The quantitative estimate of drug-likeness (QED) is 0.431. The number of sulfonamides is 1. The van der Waals surface area contributed by atoms with E-state index in [9.17, 15) is 23.6 Å². The molecule has 10 heteroatoms. The summed E-state index contributed by atoms with van der Waals surface area (Å²) < 4.78 is 25.7. The minimum Gasteiger partial charge on any atom is -0.506 e. The highest BCUT2D eigenvalue weighted by Crippen LogP contribution is 2.29. The van der Waals surface area contributed by atoms with Crippen molar-refractivity contribution in [3.8, 4) is 5.75 Å². The van der Waals surface area contributed by atoms with Crippen molar-refractivity contribution in [3.05, 3.63) is 40.8 Å². The summed E-state index contributed by atoms with van der Waals surface area (Å²) in [7, 11) is -3.99. The Morgan fingerprint density at radius 3 is 2.74 bits per heavy atom. The average molecular weight is 284 g/mol. The average Bonchev–Trinajstić information content (AvgIpc) is 2.85. The first kappa shape index (κ1) is 12.8. The molecule has 1 heterocycles. The van der Waals surface area contributed by atoms with Crippen LogP contribution < -0.4 is 4.72 Å². The molecule has 0 saturated carbocycles. The lowest BCUT2D eigenvalue weighted by molar-refractivity contribution is -0.384. The topological polar surface area (TPSA) is 138 Å². The third-order valence-corrected chi connectivity index (χ3v) is 3.49. The fourth-order valence-corrected chi connectivity index (χ4v) is 2.28. The van der Waals surface area contributed by atoms with Gasteiger partial charge in [0, 0.05) is 12.1 Å². The number of rotatable bonds is 4. The summed E-state index contributed by atoms with van der Waals surface area (Å²) in [5.74, 6) is -0.423. The summed E-state index contributed by atoms with van der Waals surface area (Å²) >= 11 is 0. The number of nitrogens with one attached hydrogen (secondary N) is 2. The number of H-pyrrole nitrogens is 1. The van der Waals surface area contributed by atoms with Crippen LogP contribution in [0.1, 0.15) is 0 Å². The van der Waals surface area contributed by atoms with Gasteiger partial charge in [0.1, 0.15) is 5.75 Å². The molecule has 0 fully saturated rings. The monoisotopic (exact) mass is 284 g/mol. The smallest absolute Gasteiger partial charge is 0.279 e. The molecule has 1 aromatic heterocycles. The normalized spacial score (nSPS) is 11.2. The van der Waals surface area contributed by atoms with E-state index < -0.39 is 20.7 Å². The number of hydrogen-bond donors (Lipinski definition) is 3. The maximum Gasteiger partial charge on any atom is 0.279 e. The van der Waals surface area contributed by atoms with Crippen LogP contribution >= 0.6 is 0 Å². The van der Waals surface area contributed by atoms with Gasteiger partial charge in [0.05, 0.1) is 23.1 Å². The van der Waals surface area contributed by atoms with Crippen molar-refractivity contribution >= 4 is 21.4 Å². The number of aromatic nitrogens is 2. The first-order chi connectivity index (χ1) is 8.90. The fraction of sp³-hybridized carbons (Fsp3) is 0. The standard InChI is InChI=1S/C9H8N4O5S/c14-8-2-1-6(13(15)16)3-7(8)12-19(17,18)9-4-10-5-11-9/h1-5,12,14H,(H,10,11). The summed E-state index contributed by atoms with van der Waals surface area (Å²) in [5.41, 5.74) is -0.635. The van der Waals surface area contributed by atoms with E-state index in [0.29, 0.717) is 0 Å². The molecule has 2 rings (SSSR count). The molecule has 0 radical (unpaired) electrons. The summed E-state index contributed by atoms with van der Waals surface area (Å²) in [6, 6.07) is 3.01. The molecule has 0 aliphatic heterocycles. The Labute approximate surface area is 107 Å². The Kier molecular flexibility index (Phi) is 3.09. The zero-order chi connectivity index (χ0) is 14.0. The molecular weight excluding hydrogens is 276 g/mol. The molecule has 0 atom stereocenters. The zero-order valence-corrected chi connectivity index (χ0v) is 10.1. The van der Waals surface area contributed by atoms with Crippen LogP contribution in [0.25, 0.3) is 0 Å². The first-order valence-electron chi connectivity index (χ1n) is 4.89. The third kappa shape index (κ3) is 2.63. The van der Waals surface area contributed by atoms with Crippen molar-refractivity contribution in [2.45, 2.75) is 5.03 Å². The molecule has 0 unspecified atom stereocenters. The number of anilines is 1. The lowest BCUT2D eigenvalue weighted by atomic mass is 10.2. The van der Waals surface area contributed by atoms with Crippen LogP contribution in [0.4, 0.5) is 11.4 Å². The van der Waals surface area contributed by atoms with Crippen LogP contribution in [-0.2, 0) is 10.0 Å². The van der Waals surface area contributed by atoms with Gasteiger partial charge in [-0.3, -0.25) is 14.8 Å². The minimum atomic E-state index is -3.99. The van der Waals surface area contributed by atoms with Gasteiger partial charge in [0.2, 0.25) is 0 Å². The highest BCUT2D eigenvalue weighted by atomic mass is 32.2. The second kappa shape index (κ2) is 4.57. The molecule has 2 aromatic rings. The number of aromatic amines is 1. The molecule has 19 heavy (non-hydrogen) atoms. The summed E-state index contributed by atoms with van der Waals surface area (Å²) in [6.45, 7) is 0.